The van der Waals surface area contributed by atoms with Crippen molar-refractivity contribution in [3.63, 3.8) is 0 Å². The molecule has 3 aromatic rings. The van der Waals surface area contributed by atoms with E-state index in [2.05, 4.69) is 15.4 Å². The molecular formula is C20H20N4O4. The molecule has 0 spiro atoms. The summed E-state index contributed by atoms with van der Waals surface area (Å²) in [4.78, 5) is 25.2. The lowest BCUT2D eigenvalue weighted by Crippen LogP contribution is -2.19. The lowest BCUT2D eigenvalue weighted by Gasteiger charge is -2.05. The van der Waals surface area contributed by atoms with Crippen molar-refractivity contribution >= 4 is 11.8 Å². The zero-order chi connectivity index (χ0) is 19.9. The van der Waals surface area contributed by atoms with Crippen LogP contribution in [0.2, 0.25) is 0 Å². The van der Waals surface area contributed by atoms with Gasteiger partial charge < -0.3 is 9.47 Å². The minimum Gasteiger partial charge on any atom is -0.494 e. The van der Waals surface area contributed by atoms with Gasteiger partial charge in [-0.3, -0.25) is 4.79 Å². The van der Waals surface area contributed by atoms with Gasteiger partial charge in [0.2, 0.25) is 5.82 Å². The molecule has 28 heavy (non-hydrogen) atoms. The van der Waals surface area contributed by atoms with Crippen LogP contribution in [0.25, 0.3) is 11.4 Å². The molecule has 0 aliphatic carbocycles. The number of Topliss-reactive ketones (excluding diaryl/α,β-unsaturated/α-hetero) is 1. The van der Waals surface area contributed by atoms with E-state index in [-0.39, 0.29) is 18.9 Å². The molecule has 0 N–H and O–H groups in total. The number of carbonyl (C=O) groups is 2. The Hall–Kier alpha value is -3.55. The van der Waals surface area contributed by atoms with Gasteiger partial charge in [-0.05, 0) is 43.3 Å². The van der Waals surface area contributed by atoms with Crippen molar-refractivity contribution in [2.75, 3.05) is 13.2 Å². The predicted molar refractivity (Wildman–Crippen MR) is 101 cm³/mol. The molecule has 0 saturated carbocycles. The number of hydrogen-bond acceptors (Lipinski definition) is 7. The molecule has 0 atom stereocenters. The van der Waals surface area contributed by atoms with Crippen LogP contribution in [0.15, 0.2) is 48.5 Å². The molecule has 0 fully saturated rings. The summed E-state index contributed by atoms with van der Waals surface area (Å²) < 4.78 is 10.3. The largest absolute Gasteiger partial charge is 0.494 e. The summed E-state index contributed by atoms with van der Waals surface area (Å²) in [5.74, 6) is 0.173. The molecule has 3 rings (SSSR count). The predicted octanol–water partition coefficient (Wildman–Crippen LogP) is 2.47. The highest BCUT2D eigenvalue weighted by molar-refractivity contribution is 5.98. The summed E-state index contributed by atoms with van der Waals surface area (Å²) in [5.41, 5.74) is 2.37. The van der Waals surface area contributed by atoms with Crippen molar-refractivity contribution in [1.82, 2.24) is 20.2 Å². The van der Waals surface area contributed by atoms with Crippen molar-refractivity contribution in [2.45, 2.75) is 20.4 Å². The molecule has 0 unspecified atom stereocenters. The van der Waals surface area contributed by atoms with Crippen LogP contribution in [0, 0.1) is 6.92 Å². The van der Waals surface area contributed by atoms with Gasteiger partial charge in [-0.25, -0.2) is 4.79 Å². The van der Waals surface area contributed by atoms with Crippen LogP contribution < -0.4 is 4.74 Å². The smallest absolute Gasteiger partial charge is 0.330 e. The topological polar surface area (TPSA) is 96.2 Å². The van der Waals surface area contributed by atoms with Gasteiger partial charge in [-0.15, -0.1) is 10.2 Å². The number of aromatic nitrogens is 4. The molecule has 1 heterocycles. The van der Waals surface area contributed by atoms with Crippen LogP contribution in [0.5, 0.6) is 5.75 Å². The van der Waals surface area contributed by atoms with Crippen molar-refractivity contribution in [3.05, 3.63) is 59.7 Å². The number of hydrogen-bond donors (Lipinski definition) is 0. The maximum Gasteiger partial charge on any atom is 0.330 e. The second-order valence-electron chi connectivity index (χ2n) is 6.05. The Morgan fingerprint density at radius 3 is 2.43 bits per heavy atom. The highest BCUT2D eigenvalue weighted by atomic mass is 16.5. The molecule has 0 aliphatic rings. The van der Waals surface area contributed by atoms with Crippen LogP contribution in [-0.2, 0) is 16.1 Å². The standard InChI is InChI=1S/C20H20N4O4/c1-3-27-17-10-8-15(9-11-17)18(25)13-28-19(26)12-24-22-20(21-23-24)16-6-4-14(2)5-7-16/h4-11H,3,12-13H2,1-2H3. The fraction of sp³-hybridized carbons (Fsp3) is 0.250. The molecule has 0 bridgehead atoms. The van der Waals surface area contributed by atoms with Crippen LogP contribution in [0.4, 0.5) is 0 Å². The summed E-state index contributed by atoms with van der Waals surface area (Å²) in [7, 11) is 0. The van der Waals surface area contributed by atoms with E-state index in [0.29, 0.717) is 23.7 Å². The third-order valence-electron chi connectivity index (χ3n) is 3.88. The number of aryl methyl sites for hydroxylation is 1. The Bertz CT molecular complexity index is 949. The Morgan fingerprint density at radius 2 is 1.75 bits per heavy atom. The van der Waals surface area contributed by atoms with Gasteiger partial charge in [0.15, 0.2) is 18.9 Å². The van der Waals surface area contributed by atoms with E-state index >= 15 is 0 Å². The van der Waals surface area contributed by atoms with E-state index in [4.69, 9.17) is 9.47 Å². The number of carbonyl (C=O) groups excluding carboxylic acids is 2. The average Bonchev–Trinajstić information content (AvgIpc) is 3.16. The molecule has 8 heteroatoms. The number of tetrazole rings is 1. The van der Waals surface area contributed by atoms with Crippen molar-refractivity contribution in [3.8, 4) is 17.1 Å². The highest BCUT2D eigenvalue weighted by Gasteiger charge is 2.13. The molecular weight excluding hydrogens is 360 g/mol. The maximum atomic E-state index is 12.1. The van der Waals surface area contributed by atoms with Gasteiger partial charge >= 0.3 is 5.97 Å². The molecule has 1 aromatic heterocycles. The fourth-order valence-corrected chi connectivity index (χ4v) is 2.42. The number of benzene rings is 2. The molecule has 0 saturated heterocycles. The highest BCUT2D eigenvalue weighted by Crippen LogP contribution is 2.14. The zero-order valence-electron chi connectivity index (χ0n) is 15.7. The molecule has 0 aliphatic heterocycles. The quantitative estimate of drug-likeness (QED) is 0.437. The summed E-state index contributed by atoms with van der Waals surface area (Å²) in [6, 6.07) is 14.3. The first-order valence-electron chi connectivity index (χ1n) is 8.81. The van der Waals surface area contributed by atoms with Crippen molar-refractivity contribution < 1.29 is 19.1 Å². The summed E-state index contributed by atoms with van der Waals surface area (Å²) >= 11 is 0. The van der Waals surface area contributed by atoms with E-state index < -0.39 is 5.97 Å². The third-order valence-corrected chi connectivity index (χ3v) is 3.88. The minimum absolute atomic E-state index is 0.227. The van der Waals surface area contributed by atoms with Gasteiger partial charge in [0, 0.05) is 11.1 Å². The lowest BCUT2D eigenvalue weighted by atomic mass is 10.1. The summed E-state index contributed by atoms with van der Waals surface area (Å²) in [6.07, 6.45) is 0. The first-order chi connectivity index (χ1) is 13.5. The van der Waals surface area contributed by atoms with Crippen LogP contribution in [0.1, 0.15) is 22.8 Å². The number of ketones is 1. The number of esters is 1. The maximum absolute atomic E-state index is 12.1. The van der Waals surface area contributed by atoms with Gasteiger partial charge in [-0.1, -0.05) is 29.8 Å². The fourth-order valence-electron chi connectivity index (χ4n) is 2.42. The second kappa shape index (κ2) is 8.90. The number of ether oxygens (including phenoxy) is 2. The SMILES string of the molecule is CCOc1ccc(C(=O)COC(=O)Cn2nnc(-c3ccc(C)cc3)n2)cc1. The summed E-state index contributed by atoms with van der Waals surface area (Å²) in [5, 5.41) is 11.9. The molecule has 0 radical (unpaired) electrons. The van der Waals surface area contributed by atoms with Crippen LogP contribution in [0.3, 0.4) is 0 Å². The van der Waals surface area contributed by atoms with Gasteiger partial charge in [0.05, 0.1) is 6.61 Å². The monoisotopic (exact) mass is 380 g/mol. The van der Waals surface area contributed by atoms with Gasteiger partial charge in [-0.2, -0.15) is 4.80 Å². The van der Waals surface area contributed by atoms with E-state index in [0.717, 1.165) is 15.9 Å². The van der Waals surface area contributed by atoms with Crippen LogP contribution >= 0.6 is 0 Å². The summed E-state index contributed by atoms with van der Waals surface area (Å²) in [6.45, 7) is 3.83. The first-order valence-corrected chi connectivity index (χ1v) is 8.81. The van der Waals surface area contributed by atoms with E-state index in [1.54, 1.807) is 24.3 Å². The average molecular weight is 380 g/mol. The number of nitrogens with zero attached hydrogens (tertiary/aromatic N) is 4. The van der Waals surface area contributed by atoms with Gasteiger partial charge in [0.25, 0.3) is 0 Å². The van der Waals surface area contributed by atoms with Crippen molar-refractivity contribution in [1.29, 1.82) is 0 Å². The third kappa shape index (κ3) is 5.00. The number of rotatable bonds is 8. The van der Waals surface area contributed by atoms with E-state index in [9.17, 15) is 9.59 Å². The van der Waals surface area contributed by atoms with Gasteiger partial charge in [0.1, 0.15) is 5.75 Å². The zero-order valence-corrected chi connectivity index (χ0v) is 15.7. The molecule has 144 valence electrons. The Kier molecular flexibility index (Phi) is 6.11. The van der Waals surface area contributed by atoms with E-state index in [1.807, 2.05) is 38.1 Å². The minimum atomic E-state index is -0.618. The van der Waals surface area contributed by atoms with Crippen molar-refractivity contribution in [2.24, 2.45) is 0 Å². The molecule has 2 aromatic carbocycles. The molecule has 0 amide bonds. The Labute approximate surface area is 162 Å². The Balaban J connectivity index is 1.51. The molecule has 8 nitrogen and oxygen atoms in total. The van der Waals surface area contributed by atoms with Crippen LogP contribution in [-0.4, -0.2) is 45.2 Å². The normalized spacial score (nSPS) is 10.5. The van der Waals surface area contributed by atoms with E-state index in [1.165, 1.54) is 0 Å². The Morgan fingerprint density at radius 1 is 1.04 bits per heavy atom. The first kappa shape index (κ1) is 19.2. The second-order valence-corrected chi connectivity index (χ2v) is 6.05. The lowest BCUT2D eigenvalue weighted by molar-refractivity contribution is -0.143.